The number of amides is 1. The average molecular weight is 185 g/mol. The van der Waals surface area contributed by atoms with Gasteiger partial charge in [0.05, 0.1) is 12.6 Å². The SMILES string of the molecule is CCC(CO)NC(=O)c1cnon1. The van der Waals surface area contributed by atoms with E-state index in [9.17, 15) is 4.79 Å². The van der Waals surface area contributed by atoms with E-state index in [0.717, 1.165) is 0 Å². The molecule has 1 amide bonds. The van der Waals surface area contributed by atoms with Crippen LogP contribution in [0, 0.1) is 0 Å². The van der Waals surface area contributed by atoms with Crippen LogP contribution in [0.2, 0.25) is 0 Å². The smallest absolute Gasteiger partial charge is 0.275 e. The molecule has 0 saturated heterocycles. The van der Waals surface area contributed by atoms with Crippen LogP contribution in [0.15, 0.2) is 10.8 Å². The quantitative estimate of drug-likeness (QED) is 0.664. The van der Waals surface area contributed by atoms with E-state index in [0.29, 0.717) is 6.42 Å². The molecule has 1 rings (SSSR count). The summed E-state index contributed by atoms with van der Waals surface area (Å²) in [7, 11) is 0. The Labute approximate surface area is 74.9 Å². The molecule has 1 heterocycles. The fraction of sp³-hybridized carbons (Fsp3) is 0.571. The Morgan fingerprint density at radius 3 is 3.08 bits per heavy atom. The highest BCUT2D eigenvalue weighted by Crippen LogP contribution is 1.94. The van der Waals surface area contributed by atoms with Gasteiger partial charge in [-0.25, -0.2) is 4.63 Å². The van der Waals surface area contributed by atoms with Crippen LogP contribution in [-0.2, 0) is 0 Å². The standard InChI is InChI=1S/C7H11N3O3/c1-2-5(4-11)9-7(12)6-3-8-13-10-6/h3,5,11H,2,4H2,1H3,(H,9,12). The Kier molecular flexibility index (Phi) is 3.39. The van der Waals surface area contributed by atoms with E-state index in [1.54, 1.807) is 0 Å². The van der Waals surface area contributed by atoms with Crippen LogP contribution in [0.25, 0.3) is 0 Å². The van der Waals surface area contributed by atoms with E-state index >= 15 is 0 Å². The van der Waals surface area contributed by atoms with Crippen molar-refractivity contribution in [3.05, 3.63) is 11.9 Å². The highest BCUT2D eigenvalue weighted by molar-refractivity contribution is 5.91. The number of nitrogens with one attached hydrogen (secondary N) is 1. The fourth-order valence-corrected chi connectivity index (χ4v) is 0.801. The highest BCUT2D eigenvalue weighted by Gasteiger charge is 2.13. The molecule has 0 saturated carbocycles. The first-order chi connectivity index (χ1) is 6.27. The molecule has 0 aromatic carbocycles. The lowest BCUT2D eigenvalue weighted by molar-refractivity contribution is 0.0905. The molecule has 6 nitrogen and oxygen atoms in total. The molecule has 0 radical (unpaired) electrons. The van der Waals surface area contributed by atoms with E-state index in [4.69, 9.17) is 5.11 Å². The Hall–Kier alpha value is -1.43. The van der Waals surface area contributed by atoms with Crippen LogP contribution >= 0.6 is 0 Å². The second-order valence-electron chi connectivity index (χ2n) is 2.55. The van der Waals surface area contributed by atoms with Crippen molar-refractivity contribution in [2.45, 2.75) is 19.4 Å². The van der Waals surface area contributed by atoms with Gasteiger partial charge in [-0.1, -0.05) is 12.1 Å². The molecular formula is C7H11N3O3. The summed E-state index contributed by atoms with van der Waals surface area (Å²) in [5, 5.41) is 18.0. The number of carbonyl (C=O) groups is 1. The van der Waals surface area contributed by atoms with Gasteiger partial charge in [0.1, 0.15) is 6.20 Å². The molecule has 2 N–H and O–H groups in total. The molecule has 1 unspecified atom stereocenters. The normalized spacial score (nSPS) is 12.5. The summed E-state index contributed by atoms with van der Waals surface area (Å²) in [5.74, 6) is -0.387. The molecule has 72 valence electrons. The maximum Gasteiger partial charge on any atom is 0.275 e. The lowest BCUT2D eigenvalue weighted by Gasteiger charge is -2.11. The summed E-state index contributed by atoms with van der Waals surface area (Å²) in [6.45, 7) is 1.77. The van der Waals surface area contributed by atoms with Gasteiger partial charge in [-0.3, -0.25) is 4.79 Å². The van der Waals surface area contributed by atoms with E-state index in [1.165, 1.54) is 6.20 Å². The number of hydrogen-bond donors (Lipinski definition) is 2. The van der Waals surface area contributed by atoms with E-state index in [1.807, 2.05) is 6.92 Å². The van der Waals surface area contributed by atoms with Gasteiger partial charge < -0.3 is 10.4 Å². The number of carbonyl (C=O) groups excluding carboxylic acids is 1. The highest BCUT2D eigenvalue weighted by atomic mass is 16.6. The van der Waals surface area contributed by atoms with Crippen molar-refractivity contribution in [3.8, 4) is 0 Å². The molecule has 0 spiro atoms. The second-order valence-corrected chi connectivity index (χ2v) is 2.55. The molecule has 0 aliphatic rings. The maximum atomic E-state index is 11.2. The molecular weight excluding hydrogens is 174 g/mol. The summed E-state index contributed by atoms with van der Waals surface area (Å²) >= 11 is 0. The molecule has 13 heavy (non-hydrogen) atoms. The summed E-state index contributed by atoms with van der Waals surface area (Å²) in [4.78, 5) is 11.2. The lowest BCUT2D eigenvalue weighted by Crippen LogP contribution is -2.37. The minimum Gasteiger partial charge on any atom is -0.394 e. The third-order valence-electron chi connectivity index (χ3n) is 1.64. The Morgan fingerprint density at radius 2 is 2.62 bits per heavy atom. The number of rotatable bonds is 4. The number of aromatic nitrogens is 2. The minimum atomic E-state index is -0.387. The number of aliphatic hydroxyl groups is 1. The summed E-state index contributed by atoms with van der Waals surface area (Å²) < 4.78 is 4.26. The maximum absolute atomic E-state index is 11.2. The van der Waals surface area contributed by atoms with E-state index in [-0.39, 0.29) is 24.2 Å². The zero-order chi connectivity index (χ0) is 9.68. The predicted molar refractivity (Wildman–Crippen MR) is 42.9 cm³/mol. The van der Waals surface area contributed by atoms with Gasteiger partial charge in [0.15, 0.2) is 5.69 Å². The van der Waals surface area contributed by atoms with Gasteiger partial charge in [-0.05, 0) is 11.6 Å². The Morgan fingerprint density at radius 1 is 1.85 bits per heavy atom. The van der Waals surface area contributed by atoms with Crippen LogP contribution in [0.3, 0.4) is 0 Å². The number of aliphatic hydroxyl groups excluding tert-OH is 1. The van der Waals surface area contributed by atoms with E-state index in [2.05, 4.69) is 20.3 Å². The third-order valence-corrected chi connectivity index (χ3v) is 1.64. The molecule has 0 aliphatic heterocycles. The van der Waals surface area contributed by atoms with Crippen LogP contribution in [0.5, 0.6) is 0 Å². The molecule has 0 fully saturated rings. The zero-order valence-electron chi connectivity index (χ0n) is 7.23. The molecule has 1 aromatic heterocycles. The van der Waals surface area contributed by atoms with Crippen molar-refractivity contribution in [1.82, 2.24) is 15.6 Å². The number of hydrogen-bond acceptors (Lipinski definition) is 5. The van der Waals surface area contributed by atoms with Crippen molar-refractivity contribution >= 4 is 5.91 Å². The lowest BCUT2D eigenvalue weighted by atomic mass is 10.2. The van der Waals surface area contributed by atoms with Crippen molar-refractivity contribution < 1.29 is 14.5 Å². The van der Waals surface area contributed by atoms with Crippen LogP contribution < -0.4 is 5.32 Å². The summed E-state index contributed by atoms with van der Waals surface area (Å²) in [6, 6.07) is -0.246. The predicted octanol–water partition coefficient (Wildman–Crippen LogP) is -0.430. The first-order valence-electron chi connectivity index (χ1n) is 3.97. The molecule has 1 aromatic rings. The number of nitrogens with zero attached hydrogens (tertiary/aromatic N) is 2. The first-order valence-corrected chi connectivity index (χ1v) is 3.97. The van der Waals surface area contributed by atoms with Crippen LogP contribution in [0.4, 0.5) is 0 Å². The van der Waals surface area contributed by atoms with Gasteiger partial charge >= 0.3 is 0 Å². The topological polar surface area (TPSA) is 88.2 Å². The average Bonchev–Trinajstić information content (AvgIpc) is 2.66. The van der Waals surface area contributed by atoms with Crippen molar-refractivity contribution in [1.29, 1.82) is 0 Å². The summed E-state index contributed by atoms with van der Waals surface area (Å²) in [5.41, 5.74) is 0.118. The molecule has 1 atom stereocenters. The van der Waals surface area contributed by atoms with Crippen LogP contribution in [0.1, 0.15) is 23.8 Å². The van der Waals surface area contributed by atoms with Crippen molar-refractivity contribution in [2.75, 3.05) is 6.61 Å². The fourth-order valence-electron chi connectivity index (χ4n) is 0.801. The molecule has 6 heteroatoms. The monoisotopic (exact) mass is 185 g/mol. The Balaban J connectivity index is 2.50. The third kappa shape index (κ3) is 2.51. The van der Waals surface area contributed by atoms with Gasteiger partial charge in [0, 0.05) is 0 Å². The van der Waals surface area contributed by atoms with Gasteiger partial charge in [0.25, 0.3) is 5.91 Å². The minimum absolute atomic E-state index is 0.0898. The van der Waals surface area contributed by atoms with Gasteiger partial charge in [0.2, 0.25) is 0 Å². The van der Waals surface area contributed by atoms with Crippen molar-refractivity contribution in [2.24, 2.45) is 0 Å². The first kappa shape index (κ1) is 9.66. The second kappa shape index (κ2) is 4.56. The van der Waals surface area contributed by atoms with Crippen LogP contribution in [-0.4, -0.2) is 34.0 Å². The van der Waals surface area contributed by atoms with Crippen molar-refractivity contribution in [3.63, 3.8) is 0 Å². The molecule has 0 bridgehead atoms. The molecule has 0 aliphatic carbocycles. The van der Waals surface area contributed by atoms with E-state index < -0.39 is 0 Å². The largest absolute Gasteiger partial charge is 0.394 e. The van der Waals surface area contributed by atoms with Gasteiger partial charge in [-0.15, -0.1) is 0 Å². The Bertz CT molecular complexity index is 256. The van der Waals surface area contributed by atoms with Gasteiger partial charge in [-0.2, -0.15) is 0 Å². The summed E-state index contributed by atoms with van der Waals surface area (Å²) in [6.07, 6.45) is 1.88. The zero-order valence-corrected chi connectivity index (χ0v) is 7.23.